The highest BCUT2D eigenvalue weighted by atomic mass is 16.5. The maximum atomic E-state index is 12.3. The topological polar surface area (TPSA) is 129 Å². The summed E-state index contributed by atoms with van der Waals surface area (Å²) in [5, 5.41) is 20.0. The molecule has 3 rings (SSSR count). The molecule has 4 amide bonds. The monoisotopic (exact) mass is 482 g/mol. The first-order chi connectivity index (χ1) is 16.7. The number of benzene rings is 1. The Kier molecular flexibility index (Phi) is 8.70. The van der Waals surface area contributed by atoms with Crippen LogP contribution < -0.4 is 21.3 Å². The van der Waals surface area contributed by atoms with Crippen molar-refractivity contribution in [3.05, 3.63) is 64.9 Å². The van der Waals surface area contributed by atoms with Crippen LogP contribution in [0.25, 0.3) is 0 Å². The Balaban J connectivity index is 1.51. The van der Waals surface area contributed by atoms with E-state index in [2.05, 4.69) is 40.8 Å². The van der Waals surface area contributed by atoms with E-state index in [0.29, 0.717) is 37.2 Å². The van der Waals surface area contributed by atoms with Crippen molar-refractivity contribution in [2.24, 2.45) is 0 Å². The Bertz CT molecular complexity index is 1060. The lowest BCUT2D eigenvalue weighted by Gasteiger charge is -2.30. The van der Waals surface area contributed by atoms with Crippen molar-refractivity contribution in [3.8, 4) is 0 Å². The molecule has 1 unspecified atom stereocenters. The molecule has 1 aromatic carbocycles. The predicted octanol–water partition coefficient (Wildman–Crippen LogP) is 3.03. The molecule has 9 nitrogen and oxygen atoms in total. The van der Waals surface area contributed by atoms with E-state index in [4.69, 9.17) is 9.84 Å². The summed E-state index contributed by atoms with van der Waals surface area (Å²) in [5.41, 5.74) is 5.24. The first-order valence-corrected chi connectivity index (χ1v) is 11.8. The molecule has 9 heteroatoms. The molecule has 0 fully saturated rings. The summed E-state index contributed by atoms with van der Waals surface area (Å²) >= 11 is 0. The van der Waals surface area contributed by atoms with Gasteiger partial charge in [-0.15, -0.1) is 0 Å². The Morgan fingerprint density at radius 2 is 1.83 bits per heavy atom. The summed E-state index contributed by atoms with van der Waals surface area (Å²) in [6.07, 6.45) is 6.56. The number of hydrogen-bond acceptors (Lipinski definition) is 5. The van der Waals surface area contributed by atoms with Gasteiger partial charge in [0.1, 0.15) is 0 Å². The van der Waals surface area contributed by atoms with Gasteiger partial charge in [0.15, 0.2) is 0 Å². The third kappa shape index (κ3) is 6.73. The van der Waals surface area contributed by atoms with Crippen LogP contribution in [0.3, 0.4) is 0 Å². The zero-order chi connectivity index (χ0) is 25.4. The highest BCUT2D eigenvalue weighted by Crippen LogP contribution is 2.48. The van der Waals surface area contributed by atoms with E-state index in [0.717, 1.165) is 24.1 Å². The SMILES string of the molecule is C=C(C)C(=O)OCCCNC(=O)NC1=CCC2(C)C(=C1)Cc1cc(NC(=O)NCCCO)ccc12. The number of allylic oxidation sites excluding steroid dienone is 3. The number of anilines is 1. The van der Waals surface area contributed by atoms with E-state index in [1.165, 1.54) is 11.1 Å². The van der Waals surface area contributed by atoms with Gasteiger partial charge in [0.25, 0.3) is 0 Å². The van der Waals surface area contributed by atoms with Crippen LogP contribution in [0, 0.1) is 0 Å². The van der Waals surface area contributed by atoms with Crippen LogP contribution in [0.4, 0.5) is 15.3 Å². The number of esters is 1. The third-order valence-corrected chi connectivity index (χ3v) is 6.17. The van der Waals surface area contributed by atoms with Crippen LogP contribution in [0.1, 0.15) is 44.2 Å². The largest absolute Gasteiger partial charge is 0.462 e. The van der Waals surface area contributed by atoms with E-state index >= 15 is 0 Å². The summed E-state index contributed by atoms with van der Waals surface area (Å²) in [6.45, 7) is 8.35. The number of carbonyl (C=O) groups is 3. The maximum Gasteiger partial charge on any atom is 0.333 e. The molecule has 0 radical (unpaired) electrons. The van der Waals surface area contributed by atoms with Crippen LogP contribution in [0.15, 0.2) is 53.8 Å². The highest BCUT2D eigenvalue weighted by Gasteiger charge is 2.39. The molecule has 2 aliphatic carbocycles. The first kappa shape index (κ1) is 26.0. The second-order valence-corrected chi connectivity index (χ2v) is 9.02. The molecule has 0 spiro atoms. The summed E-state index contributed by atoms with van der Waals surface area (Å²) in [5.74, 6) is -0.432. The molecule has 1 aromatic rings. The number of hydrogen-bond donors (Lipinski definition) is 5. The number of amides is 4. The van der Waals surface area contributed by atoms with Gasteiger partial charge in [-0.1, -0.05) is 31.2 Å². The number of rotatable bonds is 10. The summed E-state index contributed by atoms with van der Waals surface area (Å²) < 4.78 is 5.01. The number of aliphatic hydroxyl groups excluding tert-OH is 1. The molecule has 0 saturated heterocycles. The average Bonchev–Trinajstić information content (AvgIpc) is 3.09. The van der Waals surface area contributed by atoms with Crippen molar-refractivity contribution in [2.75, 3.05) is 31.6 Å². The lowest BCUT2D eigenvalue weighted by atomic mass is 9.75. The molecule has 0 aromatic heterocycles. The standard InChI is InChI=1S/C26H34N4O5/c1-17(2)23(32)35-13-5-11-28-25(34)30-21-8-9-26(3)19(16-21)14-18-15-20(6-7-22(18)26)29-24(33)27-10-4-12-31/h6-8,15-16,31H,1,4-5,9-14H2,2-3H3,(H2,27,29,33)(H2,28,30,34). The number of ether oxygens (including phenoxy) is 1. The van der Waals surface area contributed by atoms with Crippen LogP contribution in [0.2, 0.25) is 0 Å². The van der Waals surface area contributed by atoms with Gasteiger partial charge >= 0.3 is 18.0 Å². The van der Waals surface area contributed by atoms with Gasteiger partial charge in [-0.25, -0.2) is 14.4 Å². The number of carbonyl (C=O) groups excluding carboxylic acids is 3. The van der Waals surface area contributed by atoms with Crippen molar-refractivity contribution < 1.29 is 24.2 Å². The van der Waals surface area contributed by atoms with E-state index < -0.39 is 5.97 Å². The molecule has 0 heterocycles. The van der Waals surface area contributed by atoms with Gasteiger partial charge in [-0.3, -0.25) is 0 Å². The summed E-state index contributed by atoms with van der Waals surface area (Å²) in [7, 11) is 0. The maximum absolute atomic E-state index is 12.3. The predicted molar refractivity (Wildman–Crippen MR) is 134 cm³/mol. The highest BCUT2D eigenvalue weighted by molar-refractivity contribution is 5.89. The van der Waals surface area contributed by atoms with Crippen LogP contribution in [-0.2, 0) is 21.4 Å². The number of fused-ring (bicyclic) bond motifs is 3. The Morgan fingerprint density at radius 3 is 2.54 bits per heavy atom. The van der Waals surface area contributed by atoms with Crippen molar-refractivity contribution in [1.29, 1.82) is 0 Å². The minimum absolute atomic E-state index is 0.0341. The van der Waals surface area contributed by atoms with E-state index in [1.807, 2.05) is 24.3 Å². The molecule has 2 aliphatic rings. The van der Waals surface area contributed by atoms with Crippen molar-refractivity contribution >= 4 is 23.7 Å². The lowest BCUT2D eigenvalue weighted by molar-refractivity contribution is -0.138. The second kappa shape index (κ2) is 11.7. The fraction of sp³-hybridized carbons (Fsp3) is 0.423. The van der Waals surface area contributed by atoms with Crippen LogP contribution in [0.5, 0.6) is 0 Å². The minimum atomic E-state index is -0.432. The zero-order valence-corrected chi connectivity index (χ0v) is 20.3. The van der Waals surface area contributed by atoms with E-state index in [9.17, 15) is 14.4 Å². The van der Waals surface area contributed by atoms with E-state index in [-0.39, 0.29) is 30.7 Å². The van der Waals surface area contributed by atoms with Gasteiger partial charge in [-0.05, 0) is 61.9 Å². The molecule has 1 atom stereocenters. The molecule has 0 aliphatic heterocycles. The quantitative estimate of drug-likeness (QED) is 0.199. The molecule has 0 bridgehead atoms. The Labute approximate surface area is 205 Å². The van der Waals surface area contributed by atoms with Gasteiger partial charge in [-0.2, -0.15) is 0 Å². The molecular weight excluding hydrogens is 448 g/mol. The number of nitrogens with one attached hydrogen (secondary N) is 4. The molecular formula is C26H34N4O5. The normalized spacial score (nSPS) is 17.8. The fourth-order valence-electron chi connectivity index (χ4n) is 4.22. The van der Waals surface area contributed by atoms with E-state index in [1.54, 1.807) is 6.92 Å². The van der Waals surface area contributed by atoms with Gasteiger partial charge in [0.05, 0.1) is 6.61 Å². The Morgan fingerprint density at radius 1 is 1.11 bits per heavy atom. The van der Waals surface area contributed by atoms with Gasteiger partial charge in [0, 0.05) is 42.1 Å². The van der Waals surface area contributed by atoms with Gasteiger partial charge < -0.3 is 31.1 Å². The fourth-order valence-corrected chi connectivity index (χ4v) is 4.22. The molecule has 188 valence electrons. The number of urea groups is 2. The minimum Gasteiger partial charge on any atom is -0.462 e. The third-order valence-electron chi connectivity index (χ3n) is 6.17. The van der Waals surface area contributed by atoms with Crippen molar-refractivity contribution in [3.63, 3.8) is 0 Å². The first-order valence-electron chi connectivity index (χ1n) is 11.8. The van der Waals surface area contributed by atoms with Crippen LogP contribution >= 0.6 is 0 Å². The number of aliphatic hydroxyl groups is 1. The lowest BCUT2D eigenvalue weighted by Crippen LogP contribution is -2.36. The molecule has 35 heavy (non-hydrogen) atoms. The Hall–Kier alpha value is -3.59. The molecule has 5 N–H and O–H groups in total. The smallest absolute Gasteiger partial charge is 0.333 e. The van der Waals surface area contributed by atoms with Crippen molar-refractivity contribution in [1.82, 2.24) is 16.0 Å². The second-order valence-electron chi connectivity index (χ2n) is 9.02. The average molecular weight is 483 g/mol. The summed E-state index contributed by atoms with van der Waals surface area (Å²) in [6, 6.07) is 5.34. The van der Waals surface area contributed by atoms with Crippen molar-refractivity contribution in [2.45, 2.75) is 44.9 Å². The van der Waals surface area contributed by atoms with Gasteiger partial charge in [0.2, 0.25) is 0 Å². The summed E-state index contributed by atoms with van der Waals surface area (Å²) in [4.78, 5) is 35.6. The zero-order valence-electron chi connectivity index (χ0n) is 20.3. The molecule has 0 saturated carbocycles. The van der Waals surface area contributed by atoms with Crippen LogP contribution in [-0.4, -0.2) is 49.4 Å².